The number of aromatic carboxylic acids is 1. The van der Waals surface area contributed by atoms with Gasteiger partial charge in [0, 0.05) is 23.8 Å². The molecule has 5 N–H and O–H groups in total. The maximum absolute atomic E-state index is 12.6. The number of carboxylic acids is 1. The predicted molar refractivity (Wildman–Crippen MR) is 109 cm³/mol. The summed E-state index contributed by atoms with van der Waals surface area (Å²) >= 11 is 4.82. The summed E-state index contributed by atoms with van der Waals surface area (Å²) in [6.07, 6.45) is 0. The van der Waals surface area contributed by atoms with Crippen LogP contribution in [-0.2, 0) is 0 Å². The first-order chi connectivity index (χ1) is 14.2. The lowest BCUT2D eigenvalue weighted by molar-refractivity contribution is -0.384. The number of H-pyrrole nitrogens is 1. The van der Waals surface area contributed by atoms with Crippen molar-refractivity contribution in [2.75, 3.05) is 0 Å². The van der Waals surface area contributed by atoms with E-state index in [4.69, 9.17) is 23.1 Å². The molecule has 0 aliphatic heterocycles. The average molecular weight is 428 g/mol. The number of nitrogens with zero attached hydrogens (tertiary/aromatic N) is 4. The van der Waals surface area contributed by atoms with E-state index in [9.17, 15) is 24.8 Å². The minimum Gasteiger partial charge on any atom is -0.507 e. The highest BCUT2D eigenvalue weighted by molar-refractivity contribution is 7.80. The molecule has 0 aliphatic carbocycles. The summed E-state index contributed by atoms with van der Waals surface area (Å²) in [5.74, 6) is -1.84. The van der Waals surface area contributed by atoms with Gasteiger partial charge in [-0.05, 0) is 36.5 Å². The number of nitro benzene ring substituents is 1. The van der Waals surface area contributed by atoms with E-state index in [0.29, 0.717) is 5.56 Å². The quantitative estimate of drug-likeness (QED) is 0.206. The topological polar surface area (TPSA) is 189 Å². The van der Waals surface area contributed by atoms with Crippen LogP contribution in [0.2, 0.25) is 0 Å². The molecule has 0 bridgehead atoms. The van der Waals surface area contributed by atoms with Crippen LogP contribution in [0, 0.1) is 10.1 Å². The lowest BCUT2D eigenvalue weighted by Crippen LogP contribution is -2.29. The van der Waals surface area contributed by atoms with E-state index in [1.165, 1.54) is 30.3 Å². The van der Waals surface area contributed by atoms with Crippen LogP contribution >= 0.6 is 12.2 Å². The van der Waals surface area contributed by atoms with Crippen molar-refractivity contribution >= 4 is 40.4 Å². The van der Waals surface area contributed by atoms with E-state index in [-0.39, 0.29) is 33.4 Å². The van der Waals surface area contributed by atoms with Crippen LogP contribution in [0.25, 0.3) is 11.3 Å². The third-order valence-corrected chi connectivity index (χ3v) is 4.11. The van der Waals surface area contributed by atoms with Gasteiger partial charge in [-0.25, -0.2) is 4.79 Å². The molecular formula is C17H12N6O6S. The summed E-state index contributed by atoms with van der Waals surface area (Å²) in [5, 5.41) is 39.6. The fraction of sp³-hybridized carbons (Fsp3) is 0. The number of hydrogen-bond donors (Lipinski definition) is 4. The maximum Gasteiger partial charge on any atom is 0.339 e. The smallest absolute Gasteiger partial charge is 0.339 e. The van der Waals surface area contributed by atoms with E-state index < -0.39 is 22.2 Å². The van der Waals surface area contributed by atoms with Gasteiger partial charge in [-0.3, -0.25) is 20.0 Å². The number of phenols is 1. The lowest BCUT2D eigenvalue weighted by Gasteiger charge is -2.01. The molecule has 0 saturated heterocycles. The molecule has 152 valence electrons. The summed E-state index contributed by atoms with van der Waals surface area (Å²) in [4.78, 5) is 33.8. The van der Waals surface area contributed by atoms with E-state index >= 15 is 0 Å². The first-order valence-electron chi connectivity index (χ1n) is 8.06. The minimum atomic E-state index is -1.32. The largest absolute Gasteiger partial charge is 0.507 e. The molecule has 0 radical (unpaired) electrons. The zero-order chi connectivity index (χ0) is 22.0. The standard InChI is InChI=1S/C17H12N6O6S/c18-17(30)22-15(25)14(13(21-22)8-1-4-10(5-2-8)23(28)29)20-19-9-3-6-11(16(26)27)12(24)7-9/h1-7,21,24H,(H2,18,30)(H,26,27). The van der Waals surface area contributed by atoms with Gasteiger partial charge in [0.25, 0.3) is 5.69 Å². The Morgan fingerprint density at radius 1 is 1.20 bits per heavy atom. The molecule has 0 spiro atoms. The molecule has 12 nitrogen and oxygen atoms in total. The molecule has 30 heavy (non-hydrogen) atoms. The highest BCUT2D eigenvalue weighted by Crippen LogP contribution is 2.30. The number of thiocarbonyl (C=S) groups is 1. The molecule has 3 rings (SSSR count). The third-order valence-electron chi connectivity index (χ3n) is 3.93. The van der Waals surface area contributed by atoms with Crippen LogP contribution in [0.3, 0.4) is 0 Å². The number of rotatable bonds is 5. The van der Waals surface area contributed by atoms with Gasteiger partial charge in [0.15, 0.2) is 10.8 Å². The second kappa shape index (κ2) is 7.92. The molecule has 0 saturated carbocycles. The molecule has 0 fully saturated rings. The summed E-state index contributed by atoms with van der Waals surface area (Å²) < 4.78 is 0.853. The first kappa shape index (κ1) is 20.3. The first-order valence-corrected chi connectivity index (χ1v) is 8.47. The fourth-order valence-corrected chi connectivity index (χ4v) is 2.63. The lowest BCUT2D eigenvalue weighted by atomic mass is 10.1. The van der Waals surface area contributed by atoms with Crippen LogP contribution in [0.15, 0.2) is 57.5 Å². The number of nitrogens with two attached hydrogens (primary N) is 1. The van der Waals surface area contributed by atoms with Crippen molar-refractivity contribution in [3.63, 3.8) is 0 Å². The van der Waals surface area contributed by atoms with Crippen molar-refractivity contribution in [2.45, 2.75) is 0 Å². The number of carbonyl (C=O) groups is 1. The fourth-order valence-electron chi connectivity index (χ4n) is 2.50. The van der Waals surface area contributed by atoms with Gasteiger partial charge in [0.05, 0.1) is 16.3 Å². The maximum atomic E-state index is 12.6. The molecule has 13 heteroatoms. The number of aromatic hydroxyl groups is 1. The number of aromatic nitrogens is 2. The highest BCUT2D eigenvalue weighted by Gasteiger charge is 2.18. The van der Waals surface area contributed by atoms with Crippen LogP contribution in [0.1, 0.15) is 10.4 Å². The van der Waals surface area contributed by atoms with E-state index in [2.05, 4.69) is 15.3 Å². The second-order valence-electron chi connectivity index (χ2n) is 5.82. The summed E-state index contributed by atoms with van der Waals surface area (Å²) in [7, 11) is 0. The molecule has 2 aromatic carbocycles. The van der Waals surface area contributed by atoms with Gasteiger partial charge < -0.3 is 15.9 Å². The molecule has 0 atom stereocenters. The number of carboxylic acid groups (broad SMARTS) is 1. The monoisotopic (exact) mass is 428 g/mol. The SMILES string of the molecule is NC(=S)n1[nH]c(-c2ccc([N+](=O)[O-])cc2)c(N=Nc2ccc(C(=O)O)c(O)c2)c1=O. The van der Waals surface area contributed by atoms with Gasteiger partial charge >= 0.3 is 11.5 Å². The van der Waals surface area contributed by atoms with Crippen LogP contribution in [0.4, 0.5) is 17.1 Å². The Balaban J connectivity index is 2.07. The van der Waals surface area contributed by atoms with Crippen molar-refractivity contribution in [3.8, 4) is 17.0 Å². The number of nitrogens with one attached hydrogen (secondary N) is 1. The minimum absolute atomic E-state index is 0.0784. The Kier molecular flexibility index (Phi) is 5.37. The van der Waals surface area contributed by atoms with Gasteiger partial charge in [-0.15, -0.1) is 5.11 Å². The van der Waals surface area contributed by atoms with Crippen molar-refractivity contribution in [2.24, 2.45) is 16.0 Å². The normalized spacial score (nSPS) is 10.9. The summed E-state index contributed by atoms with van der Waals surface area (Å²) in [6.45, 7) is 0. The number of benzene rings is 2. The Morgan fingerprint density at radius 2 is 1.87 bits per heavy atom. The number of non-ortho nitro benzene ring substituents is 1. The van der Waals surface area contributed by atoms with Crippen LogP contribution < -0.4 is 11.3 Å². The Labute approximate surface area is 172 Å². The molecule has 1 aromatic heterocycles. The van der Waals surface area contributed by atoms with Gasteiger partial charge in [0.2, 0.25) is 0 Å². The van der Waals surface area contributed by atoms with Gasteiger partial charge in [-0.1, -0.05) is 0 Å². The number of nitro groups is 1. The number of azo groups is 1. The van der Waals surface area contributed by atoms with Crippen molar-refractivity contribution in [1.29, 1.82) is 0 Å². The molecular weight excluding hydrogens is 416 g/mol. The molecule has 3 aromatic rings. The van der Waals surface area contributed by atoms with E-state index in [1.807, 2.05) is 0 Å². The van der Waals surface area contributed by atoms with Crippen molar-refractivity contribution in [1.82, 2.24) is 9.78 Å². The second-order valence-corrected chi connectivity index (χ2v) is 6.24. The third kappa shape index (κ3) is 3.90. The summed E-state index contributed by atoms with van der Waals surface area (Å²) in [5.41, 5.74) is 4.75. The average Bonchev–Trinajstić information content (AvgIpc) is 3.02. The Morgan fingerprint density at radius 3 is 2.40 bits per heavy atom. The molecule has 0 unspecified atom stereocenters. The molecule has 0 amide bonds. The Bertz CT molecular complexity index is 1260. The van der Waals surface area contributed by atoms with E-state index in [1.54, 1.807) is 0 Å². The number of hydrogen-bond acceptors (Lipinski definition) is 8. The van der Waals surface area contributed by atoms with E-state index in [0.717, 1.165) is 16.8 Å². The van der Waals surface area contributed by atoms with Crippen LogP contribution in [-0.4, -0.2) is 36.0 Å². The zero-order valence-corrected chi connectivity index (χ0v) is 15.7. The summed E-state index contributed by atoms with van der Waals surface area (Å²) in [6, 6.07) is 8.78. The predicted octanol–water partition coefficient (Wildman–Crippen LogP) is 2.66. The van der Waals surface area contributed by atoms with Crippen molar-refractivity contribution in [3.05, 3.63) is 68.5 Å². The van der Waals surface area contributed by atoms with Gasteiger partial charge in [0.1, 0.15) is 11.3 Å². The van der Waals surface area contributed by atoms with Crippen LogP contribution in [0.5, 0.6) is 5.75 Å². The Hall–Kier alpha value is -4.39. The van der Waals surface area contributed by atoms with Crippen molar-refractivity contribution < 1.29 is 19.9 Å². The highest BCUT2D eigenvalue weighted by atomic mass is 32.1. The zero-order valence-electron chi connectivity index (χ0n) is 14.8. The molecule has 1 heterocycles. The van der Waals surface area contributed by atoms with Gasteiger partial charge in [-0.2, -0.15) is 9.80 Å². The molecule has 0 aliphatic rings. The number of aromatic amines is 1.